The van der Waals surface area contributed by atoms with Crippen molar-refractivity contribution in [2.75, 3.05) is 38.3 Å². The van der Waals surface area contributed by atoms with Crippen LogP contribution >= 0.6 is 11.6 Å². The Kier molecular flexibility index (Phi) is 6.90. The van der Waals surface area contributed by atoms with Gasteiger partial charge in [-0.3, -0.25) is 4.99 Å². The third-order valence-electron chi connectivity index (χ3n) is 4.42. The molecular weight excluding hydrogens is 367 g/mol. The lowest BCUT2D eigenvalue weighted by atomic mass is 10.1. The van der Waals surface area contributed by atoms with Gasteiger partial charge in [0.2, 0.25) is 0 Å². The van der Waals surface area contributed by atoms with Crippen LogP contribution in [0.15, 0.2) is 47.5 Å². The van der Waals surface area contributed by atoms with E-state index in [1.807, 2.05) is 41.3 Å². The van der Waals surface area contributed by atoms with E-state index in [0.717, 1.165) is 24.2 Å². The Morgan fingerprint density at radius 1 is 1.07 bits per heavy atom. The molecule has 0 amide bonds. The van der Waals surface area contributed by atoms with Crippen LogP contribution in [-0.2, 0) is 17.8 Å². The molecule has 1 aliphatic rings. The first-order valence-electron chi connectivity index (χ1n) is 8.96. The van der Waals surface area contributed by atoms with Gasteiger partial charge in [-0.05, 0) is 35.4 Å². The molecule has 144 valence electrons. The summed E-state index contributed by atoms with van der Waals surface area (Å²) in [6.45, 7) is 3.82. The van der Waals surface area contributed by atoms with Crippen LogP contribution in [0, 0.1) is 5.82 Å². The normalized spacial score (nSPS) is 14.9. The Morgan fingerprint density at radius 2 is 1.70 bits per heavy atom. The van der Waals surface area contributed by atoms with E-state index < -0.39 is 0 Å². The van der Waals surface area contributed by atoms with Crippen molar-refractivity contribution in [3.05, 3.63) is 64.4 Å². The molecule has 2 N–H and O–H groups in total. The van der Waals surface area contributed by atoms with Crippen LogP contribution in [0.4, 0.5) is 10.1 Å². The number of halogens is 2. The Labute approximate surface area is 164 Å². The fourth-order valence-electron chi connectivity index (χ4n) is 2.92. The average molecular weight is 391 g/mol. The molecular formula is C20H24ClFN4O. The van der Waals surface area contributed by atoms with Gasteiger partial charge in [0.15, 0.2) is 5.96 Å². The summed E-state index contributed by atoms with van der Waals surface area (Å²) in [5, 5.41) is 7.15. The van der Waals surface area contributed by atoms with Crippen LogP contribution in [0.2, 0.25) is 5.02 Å². The highest BCUT2D eigenvalue weighted by atomic mass is 35.5. The highest BCUT2D eigenvalue weighted by Crippen LogP contribution is 2.21. The molecule has 1 aliphatic heterocycles. The minimum Gasteiger partial charge on any atom is -0.378 e. The van der Waals surface area contributed by atoms with E-state index in [1.54, 1.807) is 13.1 Å². The number of morpholine rings is 1. The minimum atomic E-state index is -0.208. The number of nitrogens with zero attached hydrogens (tertiary/aromatic N) is 2. The summed E-state index contributed by atoms with van der Waals surface area (Å²) < 4.78 is 19.8. The average Bonchev–Trinajstić information content (AvgIpc) is 2.70. The van der Waals surface area contributed by atoms with E-state index in [-0.39, 0.29) is 5.82 Å². The van der Waals surface area contributed by atoms with E-state index in [1.165, 1.54) is 0 Å². The van der Waals surface area contributed by atoms with Gasteiger partial charge in [0.1, 0.15) is 5.82 Å². The van der Waals surface area contributed by atoms with E-state index >= 15 is 0 Å². The van der Waals surface area contributed by atoms with Crippen molar-refractivity contribution in [2.24, 2.45) is 4.99 Å². The number of rotatable bonds is 5. The van der Waals surface area contributed by atoms with Gasteiger partial charge >= 0.3 is 0 Å². The largest absolute Gasteiger partial charge is 0.378 e. The van der Waals surface area contributed by atoms with E-state index in [2.05, 4.69) is 15.6 Å². The van der Waals surface area contributed by atoms with Crippen LogP contribution in [0.25, 0.3) is 0 Å². The summed E-state index contributed by atoms with van der Waals surface area (Å²) in [5.74, 6) is 0.447. The molecule has 1 heterocycles. The number of guanidine groups is 1. The van der Waals surface area contributed by atoms with Gasteiger partial charge in [-0.15, -0.1) is 0 Å². The molecule has 3 rings (SSSR count). The third kappa shape index (κ3) is 5.58. The molecule has 1 saturated heterocycles. The van der Waals surface area contributed by atoms with Crippen molar-refractivity contribution in [3.63, 3.8) is 0 Å². The first kappa shape index (κ1) is 19.5. The molecule has 2 aromatic carbocycles. The zero-order valence-corrected chi connectivity index (χ0v) is 16.1. The molecule has 2 aromatic rings. The molecule has 5 nitrogen and oxygen atoms in total. The molecule has 0 aliphatic carbocycles. The molecule has 0 bridgehead atoms. The first-order chi connectivity index (χ1) is 13.2. The van der Waals surface area contributed by atoms with Crippen LogP contribution in [0.3, 0.4) is 0 Å². The van der Waals surface area contributed by atoms with Crippen LogP contribution < -0.4 is 15.5 Å². The number of aliphatic imine (C=N–C) groups is 1. The Balaban J connectivity index is 1.53. The maximum Gasteiger partial charge on any atom is 0.191 e. The summed E-state index contributed by atoms with van der Waals surface area (Å²) in [7, 11) is 1.71. The Bertz CT molecular complexity index is 776. The number of nitrogens with one attached hydrogen (secondary N) is 2. The molecule has 27 heavy (non-hydrogen) atoms. The molecule has 7 heteroatoms. The molecule has 0 radical (unpaired) electrons. The topological polar surface area (TPSA) is 48.9 Å². The zero-order valence-electron chi connectivity index (χ0n) is 15.3. The third-order valence-corrected chi connectivity index (χ3v) is 4.67. The quantitative estimate of drug-likeness (QED) is 0.608. The zero-order chi connectivity index (χ0) is 19.1. The summed E-state index contributed by atoms with van der Waals surface area (Å²) >= 11 is 5.90. The van der Waals surface area contributed by atoms with Gasteiger partial charge in [0.25, 0.3) is 0 Å². The second-order valence-corrected chi connectivity index (χ2v) is 6.73. The lowest BCUT2D eigenvalue weighted by Gasteiger charge is -2.29. The predicted molar refractivity (Wildman–Crippen MR) is 108 cm³/mol. The summed E-state index contributed by atoms with van der Waals surface area (Å²) in [5.41, 5.74) is 2.59. The number of ether oxygens (including phenoxy) is 1. The highest BCUT2D eigenvalue weighted by molar-refractivity contribution is 6.30. The second kappa shape index (κ2) is 9.58. The SMILES string of the molecule is CN=C(NCc1ccc(Cl)cc1)NCc1ccc(N2CCOCC2)c(F)c1. The number of anilines is 1. The smallest absolute Gasteiger partial charge is 0.191 e. The second-order valence-electron chi connectivity index (χ2n) is 6.29. The van der Waals surface area contributed by atoms with E-state index in [0.29, 0.717) is 43.0 Å². The molecule has 0 atom stereocenters. The number of hydrogen-bond acceptors (Lipinski definition) is 3. The standard InChI is InChI=1S/C20H24ClFN4O/c1-23-20(24-13-15-2-5-17(21)6-3-15)25-14-16-4-7-19(18(22)12-16)26-8-10-27-11-9-26/h2-7,12H,8-11,13-14H2,1H3,(H2,23,24,25). The van der Waals surface area contributed by atoms with Crippen molar-refractivity contribution in [1.82, 2.24) is 10.6 Å². The summed E-state index contributed by atoms with van der Waals surface area (Å²) in [6, 6.07) is 13.0. The van der Waals surface area contributed by atoms with E-state index in [4.69, 9.17) is 16.3 Å². The molecule has 1 fully saturated rings. The minimum absolute atomic E-state index is 0.208. The first-order valence-corrected chi connectivity index (χ1v) is 9.33. The summed E-state index contributed by atoms with van der Waals surface area (Å²) in [6.07, 6.45) is 0. The maximum atomic E-state index is 14.5. The monoisotopic (exact) mass is 390 g/mol. The Hall–Kier alpha value is -2.31. The number of hydrogen-bond donors (Lipinski definition) is 2. The van der Waals surface area contributed by atoms with Crippen molar-refractivity contribution >= 4 is 23.2 Å². The lowest BCUT2D eigenvalue weighted by molar-refractivity contribution is 0.122. The van der Waals surface area contributed by atoms with Gasteiger partial charge in [-0.25, -0.2) is 4.39 Å². The van der Waals surface area contributed by atoms with E-state index in [9.17, 15) is 4.39 Å². The van der Waals surface area contributed by atoms with Crippen LogP contribution in [0.1, 0.15) is 11.1 Å². The maximum absolute atomic E-state index is 14.5. The molecule has 0 spiro atoms. The van der Waals surface area contributed by atoms with Crippen molar-refractivity contribution in [2.45, 2.75) is 13.1 Å². The van der Waals surface area contributed by atoms with Gasteiger partial charge in [-0.1, -0.05) is 29.8 Å². The van der Waals surface area contributed by atoms with Crippen molar-refractivity contribution in [1.29, 1.82) is 0 Å². The van der Waals surface area contributed by atoms with Crippen molar-refractivity contribution < 1.29 is 9.13 Å². The van der Waals surface area contributed by atoms with Crippen LogP contribution in [0.5, 0.6) is 0 Å². The van der Waals surface area contributed by atoms with Gasteiger partial charge in [0.05, 0.1) is 18.9 Å². The molecule has 0 aromatic heterocycles. The molecule has 0 saturated carbocycles. The lowest BCUT2D eigenvalue weighted by Crippen LogP contribution is -2.37. The summed E-state index contributed by atoms with van der Waals surface area (Å²) in [4.78, 5) is 6.22. The van der Waals surface area contributed by atoms with Gasteiger partial charge in [0, 0.05) is 38.2 Å². The van der Waals surface area contributed by atoms with Gasteiger partial charge < -0.3 is 20.3 Å². The Morgan fingerprint density at radius 3 is 2.33 bits per heavy atom. The fourth-order valence-corrected chi connectivity index (χ4v) is 3.04. The molecule has 0 unspecified atom stereocenters. The van der Waals surface area contributed by atoms with Gasteiger partial charge in [-0.2, -0.15) is 0 Å². The predicted octanol–water partition coefficient (Wildman–Crippen LogP) is 3.18. The fraction of sp³-hybridized carbons (Fsp3) is 0.350. The van der Waals surface area contributed by atoms with Crippen molar-refractivity contribution in [3.8, 4) is 0 Å². The number of benzene rings is 2. The van der Waals surface area contributed by atoms with Crippen LogP contribution in [-0.4, -0.2) is 39.3 Å². The highest BCUT2D eigenvalue weighted by Gasteiger charge is 2.15.